The number of aliphatic imine (C=N–C) groups is 1. The average molecular weight is 397 g/mol. The number of benzene rings is 1. The van der Waals surface area contributed by atoms with Crippen molar-refractivity contribution in [1.29, 1.82) is 0 Å². The van der Waals surface area contributed by atoms with Crippen LogP contribution in [0.25, 0.3) is 0 Å². The molecule has 0 bridgehead atoms. The van der Waals surface area contributed by atoms with Crippen LogP contribution in [-0.2, 0) is 9.59 Å². The van der Waals surface area contributed by atoms with Crippen molar-refractivity contribution in [2.24, 2.45) is 4.99 Å². The number of carbonyl (C=O) groups is 2. The Hall–Kier alpha value is -1.92. The number of hydrogen-bond acceptors (Lipinski definition) is 3. The fourth-order valence-electron chi connectivity index (χ4n) is 2.51. The minimum absolute atomic E-state index is 0. The van der Waals surface area contributed by atoms with Gasteiger partial charge < -0.3 is 10.2 Å². The molecule has 2 heterocycles. The number of hydrogen-bond donors (Lipinski definition) is 1. The molecule has 23 heavy (non-hydrogen) atoms. The second-order valence-electron chi connectivity index (χ2n) is 5.35. The van der Waals surface area contributed by atoms with Gasteiger partial charge in [0, 0.05) is 16.4 Å². The maximum Gasteiger partial charge on any atom is 0.250 e. The standard InChI is InChI=1S/C16H14BrN3O2.ClH/c1-16(15(22)18-12-6-4-5-11(17)9-12)10-14(21)19-13-7-2-3-8-20(13)16;/h2-9H,10H2,1H3,(H,18,22);1H. The summed E-state index contributed by atoms with van der Waals surface area (Å²) in [5.74, 6) is -0.0463. The van der Waals surface area contributed by atoms with Gasteiger partial charge in [0.2, 0.25) is 0 Å². The van der Waals surface area contributed by atoms with Crippen molar-refractivity contribution in [3.63, 3.8) is 0 Å². The lowest BCUT2D eigenvalue weighted by Crippen LogP contribution is -2.58. The smallest absolute Gasteiger partial charge is 0.250 e. The molecule has 0 aliphatic carbocycles. The highest BCUT2D eigenvalue weighted by molar-refractivity contribution is 9.10. The number of halogens is 2. The lowest BCUT2D eigenvalue weighted by atomic mass is 9.91. The molecule has 0 saturated heterocycles. The molecule has 1 aromatic carbocycles. The van der Waals surface area contributed by atoms with Crippen LogP contribution in [-0.4, -0.2) is 28.1 Å². The third-order valence-corrected chi connectivity index (χ3v) is 4.17. The van der Waals surface area contributed by atoms with E-state index < -0.39 is 5.54 Å². The van der Waals surface area contributed by atoms with Crippen LogP contribution >= 0.6 is 28.3 Å². The molecule has 7 heteroatoms. The first kappa shape index (κ1) is 17.4. The van der Waals surface area contributed by atoms with Crippen molar-refractivity contribution in [3.05, 3.63) is 53.2 Å². The predicted octanol–water partition coefficient (Wildman–Crippen LogP) is 3.28. The van der Waals surface area contributed by atoms with Crippen molar-refractivity contribution in [2.75, 3.05) is 5.32 Å². The Morgan fingerprint density at radius 1 is 1.39 bits per heavy atom. The summed E-state index contributed by atoms with van der Waals surface area (Å²) in [6.45, 7) is 1.75. The largest absolute Gasteiger partial charge is 0.324 e. The second-order valence-corrected chi connectivity index (χ2v) is 6.27. The maximum absolute atomic E-state index is 12.8. The van der Waals surface area contributed by atoms with E-state index >= 15 is 0 Å². The van der Waals surface area contributed by atoms with E-state index in [9.17, 15) is 9.59 Å². The van der Waals surface area contributed by atoms with Crippen LogP contribution in [0.1, 0.15) is 13.3 Å². The molecule has 5 nitrogen and oxygen atoms in total. The summed E-state index contributed by atoms with van der Waals surface area (Å²) >= 11 is 3.37. The van der Waals surface area contributed by atoms with Gasteiger partial charge in [0.25, 0.3) is 11.8 Å². The Kier molecular flexibility index (Phi) is 5.06. The van der Waals surface area contributed by atoms with Gasteiger partial charge >= 0.3 is 0 Å². The lowest BCUT2D eigenvalue weighted by Gasteiger charge is -2.41. The number of allylic oxidation sites excluding steroid dienone is 2. The van der Waals surface area contributed by atoms with Crippen LogP contribution in [0, 0.1) is 0 Å². The van der Waals surface area contributed by atoms with E-state index in [1.807, 2.05) is 24.3 Å². The fraction of sp³-hybridized carbons (Fsp3) is 0.188. The van der Waals surface area contributed by atoms with Crippen LogP contribution < -0.4 is 5.32 Å². The highest BCUT2D eigenvalue weighted by atomic mass is 79.9. The Labute approximate surface area is 148 Å². The van der Waals surface area contributed by atoms with Crippen LogP contribution in [0.2, 0.25) is 0 Å². The Morgan fingerprint density at radius 3 is 2.91 bits per heavy atom. The molecular formula is C16H15BrClN3O2. The molecule has 1 atom stereocenters. The summed E-state index contributed by atoms with van der Waals surface area (Å²) < 4.78 is 0.873. The average Bonchev–Trinajstić information content (AvgIpc) is 2.47. The summed E-state index contributed by atoms with van der Waals surface area (Å²) in [5, 5.41) is 2.87. The first-order valence-electron chi connectivity index (χ1n) is 6.82. The molecule has 0 aromatic heterocycles. The number of rotatable bonds is 2. The summed E-state index contributed by atoms with van der Waals surface area (Å²) in [6, 6.07) is 7.33. The van der Waals surface area contributed by atoms with Crippen molar-refractivity contribution >= 4 is 51.7 Å². The third kappa shape index (κ3) is 3.38. The predicted molar refractivity (Wildman–Crippen MR) is 95.6 cm³/mol. The minimum Gasteiger partial charge on any atom is -0.324 e. The number of nitrogens with zero attached hydrogens (tertiary/aromatic N) is 2. The molecule has 120 valence electrons. The number of amides is 2. The van der Waals surface area contributed by atoms with Crippen molar-refractivity contribution in [1.82, 2.24) is 4.90 Å². The van der Waals surface area contributed by atoms with Gasteiger partial charge in [-0.3, -0.25) is 9.59 Å². The normalized spacial score (nSPS) is 22.1. The van der Waals surface area contributed by atoms with E-state index in [0.717, 1.165) is 4.47 Å². The number of amidine groups is 1. The van der Waals surface area contributed by atoms with Crippen LogP contribution in [0.4, 0.5) is 5.69 Å². The highest BCUT2D eigenvalue weighted by Gasteiger charge is 2.45. The van der Waals surface area contributed by atoms with Gasteiger partial charge in [0.1, 0.15) is 11.4 Å². The van der Waals surface area contributed by atoms with Crippen molar-refractivity contribution in [3.8, 4) is 0 Å². The minimum atomic E-state index is -1.00. The molecule has 2 aliphatic heterocycles. The topological polar surface area (TPSA) is 61.8 Å². The van der Waals surface area contributed by atoms with E-state index in [2.05, 4.69) is 26.2 Å². The zero-order valence-corrected chi connectivity index (χ0v) is 14.7. The SMILES string of the molecule is CC1(C(=O)Nc2cccc(Br)c2)CC(=O)N=C2C=CC=CN21.Cl. The van der Waals surface area contributed by atoms with Gasteiger partial charge in [0.05, 0.1) is 6.42 Å². The first-order chi connectivity index (χ1) is 10.5. The van der Waals surface area contributed by atoms with E-state index in [1.54, 1.807) is 36.2 Å². The van der Waals surface area contributed by atoms with Gasteiger partial charge in [-0.2, -0.15) is 4.99 Å². The zero-order valence-electron chi connectivity index (χ0n) is 12.3. The Bertz CT molecular complexity index is 745. The molecule has 3 rings (SSSR count). The van der Waals surface area contributed by atoms with Crippen LogP contribution in [0.15, 0.2) is 58.2 Å². The Balaban J connectivity index is 0.00000192. The number of anilines is 1. The van der Waals surface area contributed by atoms with Crippen molar-refractivity contribution < 1.29 is 9.59 Å². The molecular weight excluding hydrogens is 382 g/mol. The van der Waals surface area contributed by atoms with Crippen molar-refractivity contribution in [2.45, 2.75) is 18.9 Å². The monoisotopic (exact) mass is 395 g/mol. The molecule has 0 radical (unpaired) electrons. The second kappa shape index (κ2) is 6.68. The van der Waals surface area contributed by atoms with E-state index in [-0.39, 0.29) is 30.6 Å². The molecule has 1 N–H and O–H groups in total. The molecule has 1 unspecified atom stereocenters. The molecule has 0 spiro atoms. The maximum atomic E-state index is 12.8. The summed E-state index contributed by atoms with van der Waals surface area (Å²) in [4.78, 5) is 30.4. The molecule has 0 saturated carbocycles. The van der Waals surface area contributed by atoms with Gasteiger partial charge in [-0.1, -0.05) is 28.1 Å². The summed E-state index contributed by atoms with van der Waals surface area (Å²) in [5.41, 5.74) is -0.328. The first-order valence-corrected chi connectivity index (χ1v) is 7.61. The summed E-state index contributed by atoms with van der Waals surface area (Å²) in [6.07, 6.45) is 7.14. The Morgan fingerprint density at radius 2 is 2.17 bits per heavy atom. The van der Waals surface area contributed by atoms with E-state index in [1.165, 1.54) is 0 Å². The van der Waals surface area contributed by atoms with Crippen LogP contribution in [0.3, 0.4) is 0 Å². The quantitative estimate of drug-likeness (QED) is 0.834. The number of fused-ring (bicyclic) bond motifs is 1. The highest BCUT2D eigenvalue weighted by Crippen LogP contribution is 2.29. The zero-order chi connectivity index (χ0) is 15.7. The van der Waals surface area contributed by atoms with E-state index in [0.29, 0.717) is 11.5 Å². The van der Waals surface area contributed by atoms with Gasteiger partial charge in [-0.15, -0.1) is 12.4 Å². The fourth-order valence-corrected chi connectivity index (χ4v) is 2.91. The molecule has 2 aliphatic rings. The third-order valence-electron chi connectivity index (χ3n) is 3.68. The van der Waals surface area contributed by atoms with Gasteiger partial charge in [-0.05, 0) is 37.3 Å². The molecule has 2 amide bonds. The van der Waals surface area contributed by atoms with Gasteiger partial charge in [-0.25, -0.2) is 0 Å². The van der Waals surface area contributed by atoms with E-state index in [4.69, 9.17) is 0 Å². The molecule has 0 fully saturated rings. The van der Waals surface area contributed by atoms with Crippen LogP contribution in [0.5, 0.6) is 0 Å². The molecule has 1 aromatic rings. The number of carbonyl (C=O) groups excluding carboxylic acids is 2. The number of nitrogens with one attached hydrogen (secondary N) is 1. The lowest BCUT2D eigenvalue weighted by molar-refractivity contribution is -0.130. The summed E-state index contributed by atoms with van der Waals surface area (Å²) in [7, 11) is 0. The van der Waals surface area contributed by atoms with Gasteiger partial charge in [0.15, 0.2) is 0 Å².